The lowest BCUT2D eigenvalue weighted by Gasteiger charge is -2.10. The lowest BCUT2D eigenvalue weighted by Crippen LogP contribution is -2.20. The lowest BCUT2D eigenvalue weighted by molar-refractivity contribution is 0.100. The van der Waals surface area contributed by atoms with Crippen LogP contribution in [0.2, 0.25) is 0 Å². The minimum atomic E-state index is -3.48. The summed E-state index contributed by atoms with van der Waals surface area (Å²) >= 11 is 5.48. The molecule has 0 radical (unpaired) electrons. The molecule has 0 saturated carbocycles. The number of benzene rings is 1. The summed E-state index contributed by atoms with van der Waals surface area (Å²) in [6.07, 6.45) is 1.09. The van der Waals surface area contributed by atoms with Crippen LogP contribution in [0.25, 0.3) is 0 Å². The van der Waals surface area contributed by atoms with Gasteiger partial charge in [0.1, 0.15) is 0 Å². The highest BCUT2D eigenvalue weighted by molar-refractivity contribution is 7.92. The Hall–Kier alpha value is -1.27. The molecule has 100 valence electrons. The zero-order chi connectivity index (χ0) is 13.6. The molecule has 1 rings (SSSR count). The van der Waals surface area contributed by atoms with Crippen LogP contribution in [0.1, 0.15) is 23.2 Å². The minimum Gasteiger partial charge on any atom is -0.366 e. The molecule has 0 spiro atoms. The van der Waals surface area contributed by atoms with Crippen LogP contribution in [0.5, 0.6) is 0 Å². The summed E-state index contributed by atoms with van der Waals surface area (Å²) in [5.74, 6) is -0.283. The summed E-state index contributed by atoms with van der Waals surface area (Å²) in [7, 11) is -3.48. The van der Waals surface area contributed by atoms with Crippen LogP contribution in [0, 0.1) is 0 Å². The van der Waals surface area contributed by atoms with Crippen molar-refractivity contribution < 1.29 is 13.2 Å². The van der Waals surface area contributed by atoms with Gasteiger partial charge in [-0.1, -0.05) is 12.1 Å². The Morgan fingerprint density at radius 2 is 1.94 bits per heavy atom. The second-order valence-electron chi connectivity index (χ2n) is 3.73. The van der Waals surface area contributed by atoms with Gasteiger partial charge in [-0.3, -0.25) is 9.52 Å². The molecule has 3 N–H and O–H groups in total. The fourth-order valence-corrected chi connectivity index (χ4v) is 2.78. The van der Waals surface area contributed by atoms with Crippen molar-refractivity contribution in [1.29, 1.82) is 0 Å². The molecule has 5 nitrogen and oxygen atoms in total. The molecule has 0 aliphatic heterocycles. The van der Waals surface area contributed by atoms with Crippen LogP contribution in [-0.4, -0.2) is 26.0 Å². The maximum atomic E-state index is 11.7. The summed E-state index contributed by atoms with van der Waals surface area (Å²) < 4.78 is 25.8. The number of amides is 1. The molecule has 0 unspecified atom stereocenters. The molecule has 0 heterocycles. The van der Waals surface area contributed by atoms with E-state index in [0.29, 0.717) is 18.7 Å². The van der Waals surface area contributed by atoms with Crippen LogP contribution in [0.4, 0.5) is 5.69 Å². The van der Waals surface area contributed by atoms with Gasteiger partial charge >= 0.3 is 0 Å². The maximum absolute atomic E-state index is 11.7. The second kappa shape index (κ2) is 6.61. The van der Waals surface area contributed by atoms with Gasteiger partial charge in [0.15, 0.2) is 0 Å². The molecule has 0 aromatic heterocycles. The Bertz CT molecular complexity index is 517. The number of nitrogens with one attached hydrogen (secondary N) is 1. The van der Waals surface area contributed by atoms with Crippen molar-refractivity contribution >= 4 is 33.2 Å². The van der Waals surface area contributed by atoms with Gasteiger partial charge in [-0.25, -0.2) is 8.42 Å². The average Bonchev–Trinajstić information content (AvgIpc) is 2.29. The van der Waals surface area contributed by atoms with Crippen LogP contribution < -0.4 is 10.5 Å². The van der Waals surface area contributed by atoms with E-state index in [1.165, 1.54) is 12.1 Å². The normalized spacial score (nSPS) is 11.2. The largest absolute Gasteiger partial charge is 0.366 e. The van der Waals surface area contributed by atoms with Gasteiger partial charge in [-0.2, -0.15) is 0 Å². The zero-order valence-electron chi connectivity index (χ0n) is 9.73. The first-order valence-electron chi connectivity index (χ1n) is 5.41. The van der Waals surface area contributed by atoms with Crippen molar-refractivity contribution in [1.82, 2.24) is 0 Å². The average molecular weight is 291 g/mol. The Kier molecular flexibility index (Phi) is 5.43. The first-order valence-corrected chi connectivity index (χ1v) is 7.60. The van der Waals surface area contributed by atoms with Gasteiger partial charge in [-0.05, 0) is 25.0 Å². The predicted octanol–water partition coefficient (Wildman–Crippen LogP) is 1.55. The molecular formula is C11H15ClN2O3S. The van der Waals surface area contributed by atoms with E-state index in [-0.39, 0.29) is 17.0 Å². The Labute approximate surface area is 111 Å². The Morgan fingerprint density at radius 1 is 1.28 bits per heavy atom. The summed E-state index contributed by atoms with van der Waals surface area (Å²) in [6.45, 7) is 0. The number of rotatable bonds is 7. The number of halogens is 1. The van der Waals surface area contributed by atoms with Crippen molar-refractivity contribution in [2.24, 2.45) is 5.73 Å². The molecule has 18 heavy (non-hydrogen) atoms. The van der Waals surface area contributed by atoms with E-state index < -0.39 is 15.9 Å². The number of hydrogen-bond acceptors (Lipinski definition) is 3. The molecule has 1 aromatic rings. The first kappa shape index (κ1) is 14.8. The fourth-order valence-electron chi connectivity index (χ4n) is 1.39. The van der Waals surface area contributed by atoms with Gasteiger partial charge < -0.3 is 5.73 Å². The predicted molar refractivity (Wildman–Crippen MR) is 72.3 cm³/mol. The number of carbonyl (C=O) groups excluding carboxylic acids is 1. The zero-order valence-corrected chi connectivity index (χ0v) is 11.3. The van der Waals surface area contributed by atoms with Gasteiger partial charge in [0.05, 0.1) is 17.0 Å². The second-order valence-corrected chi connectivity index (χ2v) is 5.95. The third-order valence-electron chi connectivity index (χ3n) is 2.25. The number of alkyl halides is 1. The smallest absolute Gasteiger partial charge is 0.250 e. The highest BCUT2D eigenvalue weighted by Gasteiger charge is 2.14. The number of unbranched alkanes of at least 4 members (excludes halogenated alkanes) is 1. The molecule has 7 heteroatoms. The van der Waals surface area contributed by atoms with Gasteiger partial charge in [0.25, 0.3) is 5.91 Å². The van der Waals surface area contributed by atoms with Crippen molar-refractivity contribution in [3.05, 3.63) is 29.8 Å². The number of para-hydroxylation sites is 1. The number of primary amides is 1. The van der Waals surface area contributed by atoms with E-state index in [1.807, 2.05) is 0 Å². The maximum Gasteiger partial charge on any atom is 0.250 e. The standard InChI is InChI=1S/C11H15ClN2O3S/c12-7-3-4-8-18(16,17)14-10-6-2-1-5-9(10)11(13)15/h1-2,5-6,14H,3-4,7-8H2,(H2,13,15). The third-order valence-corrected chi connectivity index (χ3v) is 3.88. The Balaban J connectivity index is 2.81. The van der Waals surface area contributed by atoms with Crippen molar-refractivity contribution in [3.8, 4) is 0 Å². The molecule has 0 saturated heterocycles. The van der Waals surface area contributed by atoms with Crippen LogP contribution in [-0.2, 0) is 10.0 Å². The fraction of sp³-hybridized carbons (Fsp3) is 0.364. The summed E-state index contributed by atoms with van der Waals surface area (Å²) in [4.78, 5) is 11.1. The van der Waals surface area contributed by atoms with E-state index >= 15 is 0 Å². The third kappa shape index (κ3) is 4.54. The van der Waals surface area contributed by atoms with Crippen LogP contribution in [0.3, 0.4) is 0 Å². The molecule has 0 atom stereocenters. The number of hydrogen-bond donors (Lipinski definition) is 2. The topological polar surface area (TPSA) is 89.3 Å². The van der Waals surface area contributed by atoms with E-state index in [9.17, 15) is 13.2 Å². The number of nitrogens with two attached hydrogens (primary N) is 1. The highest BCUT2D eigenvalue weighted by Crippen LogP contribution is 2.16. The van der Waals surface area contributed by atoms with Crippen molar-refractivity contribution in [2.45, 2.75) is 12.8 Å². The monoisotopic (exact) mass is 290 g/mol. The van der Waals surface area contributed by atoms with Gasteiger partial charge in [0, 0.05) is 5.88 Å². The number of carbonyl (C=O) groups is 1. The van der Waals surface area contributed by atoms with Gasteiger partial charge in [-0.15, -0.1) is 11.6 Å². The Morgan fingerprint density at radius 3 is 2.56 bits per heavy atom. The van der Waals surface area contributed by atoms with E-state index in [1.54, 1.807) is 12.1 Å². The number of sulfonamides is 1. The summed E-state index contributed by atoms with van der Waals surface area (Å²) in [5, 5.41) is 0. The quantitative estimate of drug-likeness (QED) is 0.590. The van der Waals surface area contributed by atoms with Crippen LogP contribution >= 0.6 is 11.6 Å². The highest BCUT2D eigenvalue weighted by atomic mass is 35.5. The lowest BCUT2D eigenvalue weighted by atomic mass is 10.2. The molecule has 0 aliphatic rings. The first-order chi connectivity index (χ1) is 8.46. The van der Waals surface area contributed by atoms with E-state index in [2.05, 4.69) is 4.72 Å². The minimum absolute atomic E-state index is 0.0349. The molecule has 1 aromatic carbocycles. The number of anilines is 1. The molecule has 0 bridgehead atoms. The van der Waals surface area contributed by atoms with E-state index in [0.717, 1.165) is 0 Å². The van der Waals surface area contributed by atoms with Crippen LogP contribution in [0.15, 0.2) is 24.3 Å². The summed E-state index contributed by atoms with van der Waals surface area (Å²) in [6, 6.07) is 6.21. The van der Waals surface area contributed by atoms with Gasteiger partial charge in [0.2, 0.25) is 10.0 Å². The van der Waals surface area contributed by atoms with E-state index in [4.69, 9.17) is 17.3 Å². The van der Waals surface area contributed by atoms with Crippen molar-refractivity contribution in [3.63, 3.8) is 0 Å². The molecule has 1 amide bonds. The summed E-state index contributed by atoms with van der Waals surface area (Å²) in [5.41, 5.74) is 5.52. The molecule has 0 aliphatic carbocycles. The SMILES string of the molecule is NC(=O)c1ccccc1NS(=O)(=O)CCCCCl. The molecular weight excluding hydrogens is 276 g/mol. The molecule has 0 fully saturated rings. The van der Waals surface area contributed by atoms with Crippen molar-refractivity contribution in [2.75, 3.05) is 16.4 Å².